The molecule has 4 nitrogen and oxygen atoms in total. The van der Waals surface area contributed by atoms with Crippen LogP contribution in [0.25, 0.3) is 0 Å². The first-order valence-corrected chi connectivity index (χ1v) is 8.89. The molecule has 4 rings (SSSR count). The summed E-state index contributed by atoms with van der Waals surface area (Å²) in [5.74, 6) is -0.602. The summed E-state index contributed by atoms with van der Waals surface area (Å²) in [5, 5.41) is 0. The van der Waals surface area contributed by atoms with Crippen LogP contribution in [0.3, 0.4) is 0 Å². The van der Waals surface area contributed by atoms with E-state index in [2.05, 4.69) is 15.9 Å². The van der Waals surface area contributed by atoms with Gasteiger partial charge in [0.05, 0.1) is 11.3 Å². The van der Waals surface area contributed by atoms with Gasteiger partial charge in [0.15, 0.2) is 0 Å². The molecule has 2 heterocycles. The molecular formula is C20H16BrNO3. The molecule has 0 saturated heterocycles. The fourth-order valence-corrected chi connectivity index (χ4v) is 3.84. The zero-order valence-electron chi connectivity index (χ0n) is 13.7. The van der Waals surface area contributed by atoms with Gasteiger partial charge in [-0.25, -0.2) is 4.79 Å². The van der Waals surface area contributed by atoms with Crippen molar-refractivity contribution in [2.75, 3.05) is 11.5 Å². The second-order valence-corrected chi connectivity index (χ2v) is 7.23. The Labute approximate surface area is 154 Å². The number of anilines is 1. The Bertz CT molecular complexity index is 901. The minimum absolute atomic E-state index is 0.0271. The van der Waals surface area contributed by atoms with Gasteiger partial charge in [0.2, 0.25) is 5.91 Å². The predicted octanol–water partition coefficient (Wildman–Crippen LogP) is 4.09. The summed E-state index contributed by atoms with van der Waals surface area (Å²) in [6.45, 7) is 2.15. The van der Waals surface area contributed by atoms with Crippen molar-refractivity contribution in [2.45, 2.75) is 19.3 Å². The second-order valence-electron chi connectivity index (χ2n) is 6.31. The molecule has 0 fully saturated rings. The minimum atomic E-state index is -0.326. The van der Waals surface area contributed by atoms with Crippen molar-refractivity contribution in [3.63, 3.8) is 0 Å². The zero-order valence-corrected chi connectivity index (χ0v) is 15.2. The second kappa shape index (κ2) is 6.15. The van der Waals surface area contributed by atoms with Gasteiger partial charge in [-0.15, -0.1) is 0 Å². The number of esters is 1. The van der Waals surface area contributed by atoms with Gasteiger partial charge in [-0.1, -0.05) is 51.8 Å². The van der Waals surface area contributed by atoms with E-state index in [0.29, 0.717) is 11.3 Å². The smallest absolute Gasteiger partial charge is 0.336 e. The van der Waals surface area contributed by atoms with E-state index in [-0.39, 0.29) is 30.8 Å². The Morgan fingerprint density at radius 3 is 2.60 bits per heavy atom. The van der Waals surface area contributed by atoms with Crippen molar-refractivity contribution in [1.82, 2.24) is 0 Å². The highest BCUT2D eigenvalue weighted by molar-refractivity contribution is 9.10. The van der Waals surface area contributed by atoms with Crippen molar-refractivity contribution < 1.29 is 14.3 Å². The first kappa shape index (κ1) is 16.1. The molecule has 25 heavy (non-hydrogen) atoms. The zero-order chi connectivity index (χ0) is 17.6. The van der Waals surface area contributed by atoms with E-state index in [4.69, 9.17) is 4.74 Å². The molecular weight excluding hydrogens is 382 g/mol. The van der Waals surface area contributed by atoms with Gasteiger partial charge in [-0.05, 0) is 30.7 Å². The van der Waals surface area contributed by atoms with Crippen LogP contribution in [0.1, 0.15) is 23.5 Å². The highest BCUT2D eigenvalue weighted by Gasteiger charge is 2.42. The van der Waals surface area contributed by atoms with Crippen LogP contribution in [0.5, 0.6) is 0 Å². The van der Waals surface area contributed by atoms with Gasteiger partial charge in [-0.2, -0.15) is 0 Å². The number of nitrogens with zero attached hydrogens (tertiary/aromatic N) is 1. The van der Waals surface area contributed by atoms with Gasteiger partial charge >= 0.3 is 5.97 Å². The van der Waals surface area contributed by atoms with Crippen LogP contribution in [0.2, 0.25) is 0 Å². The van der Waals surface area contributed by atoms with Crippen LogP contribution in [0, 0.1) is 6.92 Å². The number of hydrogen-bond donors (Lipinski definition) is 0. The number of aryl methyl sites for hydroxylation is 1. The lowest BCUT2D eigenvalue weighted by atomic mass is 9.84. The van der Waals surface area contributed by atoms with Crippen molar-refractivity contribution in [1.29, 1.82) is 0 Å². The topological polar surface area (TPSA) is 46.6 Å². The molecule has 126 valence electrons. The Morgan fingerprint density at radius 1 is 1.12 bits per heavy atom. The first-order chi connectivity index (χ1) is 12.0. The molecule has 0 saturated carbocycles. The third-order valence-electron chi connectivity index (χ3n) is 4.66. The summed E-state index contributed by atoms with van der Waals surface area (Å²) >= 11 is 3.44. The Kier molecular flexibility index (Phi) is 3.96. The average Bonchev–Trinajstić information content (AvgIpc) is 2.96. The van der Waals surface area contributed by atoms with Gasteiger partial charge in [0.1, 0.15) is 6.61 Å². The van der Waals surface area contributed by atoms with E-state index in [1.54, 1.807) is 4.90 Å². The molecule has 0 aromatic heterocycles. The maximum absolute atomic E-state index is 12.9. The van der Waals surface area contributed by atoms with E-state index in [1.807, 2.05) is 55.5 Å². The average molecular weight is 398 g/mol. The summed E-state index contributed by atoms with van der Waals surface area (Å²) in [7, 11) is 0. The van der Waals surface area contributed by atoms with Gasteiger partial charge in [0, 0.05) is 22.5 Å². The van der Waals surface area contributed by atoms with Crippen LogP contribution in [0.15, 0.2) is 64.3 Å². The summed E-state index contributed by atoms with van der Waals surface area (Å²) in [6, 6.07) is 15.5. The standard InChI is InChI=1S/C20H16BrNO3/c1-12-5-7-13(8-6-12)16-10-18(23)22(15-4-2-3-14(21)9-15)17-11-25-20(24)19(16)17/h2-9,16H,10-11H2,1H3. The highest BCUT2D eigenvalue weighted by atomic mass is 79.9. The van der Waals surface area contributed by atoms with Gasteiger partial charge < -0.3 is 4.74 Å². The molecule has 2 aromatic carbocycles. The molecule has 1 unspecified atom stereocenters. The maximum atomic E-state index is 12.9. The first-order valence-electron chi connectivity index (χ1n) is 8.10. The molecule has 5 heteroatoms. The monoisotopic (exact) mass is 397 g/mol. The molecule has 0 aliphatic carbocycles. The number of hydrogen-bond acceptors (Lipinski definition) is 3. The number of benzene rings is 2. The maximum Gasteiger partial charge on any atom is 0.336 e. The minimum Gasteiger partial charge on any atom is -0.456 e. The fourth-order valence-electron chi connectivity index (χ4n) is 3.45. The normalized spacial score (nSPS) is 19.9. The lowest BCUT2D eigenvalue weighted by Gasteiger charge is -2.32. The number of ether oxygens (including phenoxy) is 1. The summed E-state index contributed by atoms with van der Waals surface area (Å²) in [5.41, 5.74) is 4.12. The number of carbonyl (C=O) groups excluding carboxylic acids is 2. The van der Waals surface area contributed by atoms with Crippen LogP contribution < -0.4 is 4.90 Å². The lowest BCUT2D eigenvalue weighted by molar-refractivity contribution is -0.136. The molecule has 1 atom stereocenters. The van der Waals surface area contributed by atoms with Crippen LogP contribution in [-0.2, 0) is 14.3 Å². The molecule has 2 aliphatic heterocycles. The van der Waals surface area contributed by atoms with E-state index in [1.165, 1.54) is 0 Å². The van der Waals surface area contributed by atoms with E-state index < -0.39 is 0 Å². The molecule has 0 bridgehead atoms. The Hall–Kier alpha value is -2.40. The molecule has 0 spiro atoms. The van der Waals surface area contributed by atoms with Crippen molar-refractivity contribution in [3.8, 4) is 0 Å². The van der Waals surface area contributed by atoms with E-state index in [0.717, 1.165) is 21.3 Å². The fraction of sp³-hybridized carbons (Fsp3) is 0.200. The molecule has 0 N–H and O–H groups in total. The predicted molar refractivity (Wildman–Crippen MR) is 98.2 cm³/mol. The Morgan fingerprint density at radius 2 is 1.88 bits per heavy atom. The van der Waals surface area contributed by atoms with Crippen LogP contribution in [0.4, 0.5) is 5.69 Å². The molecule has 0 radical (unpaired) electrons. The van der Waals surface area contributed by atoms with E-state index >= 15 is 0 Å². The number of carbonyl (C=O) groups is 2. The largest absolute Gasteiger partial charge is 0.456 e. The molecule has 1 amide bonds. The SMILES string of the molecule is Cc1ccc(C2CC(=O)N(c3cccc(Br)c3)C3=C2C(=O)OC3)cc1. The number of halogens is 1. The van der Waals surface area contributed by atoms with Gasteiger partial charge in [-0.3, -0.25) is 9.69 Å². The number of amides is 1. The van der Waals surface area contributed by atoms with Crippen LogP contribution >= 0.6 is 15.9 Å². The van der Waals surface area contributed by atoms with Crippen LogP contribution in [-0.4, -0.2) is 18.5 Å². The molecule has 2 aromatic rings. The summed E-state index contributed by atoms with van der Waals surface area (Å²) in [4.78, 5) is 26.9. The third kappa shape index (κ3) is 2.78. The molecule has 2 aliphatic rings. The van der Waals surface area contributed by atoms with E-state index in [9.17, 15) is 9.59 Å². The van der Waals surface area contributed by atoms with Crippen molar-refractivity contribution in [2.24, 2.45) is 0 Å². The summed E-state index contributed by atoms with van der Waals surface area (Å²) in [6.07, 6.45) is 0.253. The third-order valence-corrected chi connectivity index (χ3v) is 5.16. The Balaban J connectivity index is 1.83. The van der Waals surface area contributed by atoms with Gasteiger partial charge in [0.25, 0.3) is 0 Å². The number of cyclic esters (lactones) is 1. The lowest BCUT2D eigenvalue weighted by Crippen LogP contribution is -2.37. The quantitative estimate of drug-likeness (QED) is 0.716. The number of rotatable bonds is 2. The van der Waals surface area contributed by atoms with Crippen molar-refractivity contribution in [3.05, 3.63) is 75.4 Å². The highest BCUT2D eigenvalue weighted by Crippen LogP contribution is 2.42. The van der Waals surface area contributed by atoms with Crippen molar-refractivity contribution >= 4 is 33.5 Å². The summed E-state index contributed by atoms with van der Waals surface area (Å²) < 4.78 is 6.17.